The lowest BCUT2D eigenvalue weighted by Gasteiger charge is -2.28. The third kappa shape index (κ3) is 12.1. The SMILES string of the molecule is CC.CC(C)N1CCN(CC=O)CCN(CC(=O)O)CC1.CO. The maximum Gasteiger partial charge on any atom is 0.317 e. The minimum absolute atomic E-state index is 0.0703. The van der Waals surface area contributed by atoms with Gasteiger partial charge >= 0.3 is 5.97 Å². The molecule has 1 aliphatic heterocycles. The number of aliphatic carboxylic acids is 1. The first-order valence-electron chi connectivity index (χ1n) is 8.32. The maximum atomic E-state index is 10.8. The van der Waals surface area contributed by atoms with Gasteiger partial charge in [0.05, 0.1) is 13.1 Å². The van der Waals surface area contributed by atoms with Crippen LogP contribution in [-0.4, -0.2) is 103 Å². The van der Waals surface area contributed by atoms with Gasteiger partial charge in [0.25, 0.3) is 0 Å². The van der Waals surface area contributed by atoms with Crippen LogP contribution in [0, 0.1) is 0 Å². The van der Waals surface area contributed by atoms with Crippen molar-refractivity contribution in [3.63, 3.8) is 0 Å². The highest BCUT2D eigenvalue weighted by Gasteiger charge is 2.18. The average molecular weight is 333 g/mol. The van der Waals surface area contributed by atoms with Gasteiger partial charge in [0.2, 0.25) is 0 Å². The number of aliphatic hydroxyl groups is 1. The van der Waals surface area contributed by atoms with Crippen LogP contribution in [0.1, 0.15) is 27.7 Å². The van der Waals surface area contributed by atoms with E-state index in [1.165, 1.54) is 0 Å². The van der Waals surface area contributed by atoms with Gasteiger partial charge in [-0.05, 0) is 13.8 Å². The molecule has 7 nitrogen and oxygen atoms in total. The summed E-state index contributed by atoms with van der Waals surface area (Å²) in [5.74, 6) is -0.794. The predicted octanol–water partition coefficient (Wildman–Crippen LogP) is 0.233. The molecule has 0 aromatic rings. The quantitative estimate of drug-likeness (QED) is 0.697. The number of rotatable bonds is 5. The van der Waals surface area contributed by atoms with Gasteiger partial charge in [-0.3, -0.25) is 19.5 Å². The van der Waals surface area contributed by atoms with Crippen molar-refractivity contribution in [2.45, 2.75) is 33.7 Å². The highest BCUT2D eigenvalue weighted by atomic mass is 16.4. The van der Waals surface area contributed by atoms with Crippen LogP contribution >= 0.6 is 0 Å². The zero-order chi connectivity index (χ0) is 18.3. The molecule has 1 heterocycles. The third-order valence-corrected chi connectivity index (χ3v) is 3.56. The van der Waals surface area contributed by atoms with Gasteiger partial charge < -0.3 is 15.0 Å². The standard InChI is InChI=1S/C13H25N3O3.C2H6.CH4O/c1-12(2)16-7-5-14(9-10-17)3-4-15(6-8-16)11-13(18)19;2*1-2/h10,12H,3-9,11H2,1-2H3,(H,18,19);1-2H3;2H,1H3. The molecule has 0 spiro atoms. The number of carboxylic acid groups (broad SMARTS) is 1. The van der Waals surface area contributed by atoms with Crippen LogP contribution in [0.2, 0.25) is 0 Å². The summed E-state index contributed by atoms with van der Waals surface area (Å²) in [5.41, 5.74) is 0. The Morgan fingerprint density at radius 3 is 1.87 bits per heavy atom. The molecule has 7 heteroatoms. The maximum absolute atomic E-state index is 10.8. The number of hydrogen-bond donors (Lipinski definition) is 2. The number of carbonyl (C=O) groups excluding carboxylic acids is 1. The fraction of sp³-hybridized carbons (Fsp3) is 0.875. The fourth-order valence-corrected chi connectivity index (χ4v) is 2.31. The van der Waals surface area contributed by atoms with Crippen molar-refractivity contribution in [1.29, 1.82) is 0 Å². The number of aldehydes is 1. The first-order valence-corrected chi connectivity index (χ1v) is 8.32. The molecule has 0 unspecified atom stereocenters. The topological polar surface area (TPSA) is 84.3 Å². The molecule has 0 radical (unpaired) electrons. The zero-order valence-corrected chi connectivity index (χ0v) is 15.4. The van der Waals surface area contributed by atoms with Crippen LogP contribution in [0.4, 0.5) is 0 Å². The van der Waals surface area contributed by atoms with E-state index in [4.69, 9.17) is 10.2 Å². The van der Waals surface area contributed by atoms with Crippen molar-refractivity contribution < 1.29 is 19.8 Å². The summed E-state index contributed by atoms with van der Waals surface area (Å²) >= 11 is 0. The summed E-state index contributed by atoms with van der Waals surface area (Å²) < 4.78 is 0. The van der Waals surface area contributed by atoms with Crippen molar-refractivity contribution >= 4 is 12.3 Å². The minimum Gasteiger partial charge on any atom is -0.480 e. The predicted molar refractivity (Wildman–Crippen MR) is 92.8 cm³/mol. The van der Waals surface area contributed by atoms with Crippen LogP contribution in [0.25, 0.3) is 0 Å². The molecule has 2 N–H and O–H groups in total. The Bertz CT molecular complexity index is 301. The summed E-state index contributed by atoms with van der Waals surface area (Å²) in [6.07, 6.45) is 0.916. The van der Waals surface area contributed by atoms with E-state index < -0.39 is 5.97 Å². The van der Waals surface area contributed by atoms with E-state index >= 15 is 0 Å². The Morgan fingerprint density at radius 1 is 1.00 bits per heavy atom. The molecule has 0 bridgehead atoms. The van der Waals surface area contributed by atoms with Crippen LogP contribution in [-0.2, 0) is 9.59 Å². The highest BCUT2D eigenvalue weighted by Crippen LogP contribution is 2.03. The molecule has 1 rings (SSSR count). The second-order valence-corrected chi connectivity index (χ2v) is 5.27. The summed E-state index contributed by atoms with van der Waals surface area (Å²) in [5, 5.41) is 15.9. The van der Waals surface area contributed by atoms with Gasteiger partial charge in [0.15, 0.2) is 0 Å². The molecule has 0 aromatic heterocycles. The van der Waals surface area contributed by atoms with Crippen LogP contribution < -0.4 is 0 Å². The summed E-state index contributed by atoms with van der Waals surface area (Å²) in [4.78, 5) is 27.9. The lowest BCUT2D eigenvalue weighted by molar-refractivity contribution is -0.138. The summed E-state index contributed by atoms with van der Waals surface area (Å²) in [7, 11) is 1.00. The number of carbonyl (C=O) groups is 2. The third-order valence-electron chi connectivity index (χ3n) is 3.56. The molecule has 0 saturated carbocycles. The second kappa shape index (κ2) is 15.9. The normalized spacial score (nSPS) is 17.7. The van der Waals surface area contributed by atoms with E-state index in [9.17, 15) is 9.59 Å². The molecule has 0 aliphatic carbocycles. The van der Waals surface area contributed by atoms with Crippen molar-refractivity contribution in [3.8, 4) is 0 Å². The second-order valence-electron chi connectivity index (χ2n) is 5.27. The van der Waals surface area contributed by atoms with Crippen LogP contribution in [0.3, 0.4) is 0 Å². The molecule has 0 aromatic carbocycles. The molecular weight excluding hydrogens is 298 g/mol. The van der Waals surface area contributed by atoms with E-state index in [1.807, 2.05) is 18.7 Å². The lowest BCUT2D eigenvalue weighted by Crippen LogP contribution is -2.41. The highest BCUT2D eigenvalue weighted by molar-refractivity contribution is 5.69. The number of nitrogens with zero attached hydrogens (tertiary/aromatic N) is 3. The Kier molecular flexibility index (Phi) is 16.7. The molecule has 0 amide bonds. The Morgan fingerprint density at radius 2 is 1.43 bits per heavy atom. The largest absolute Gasteiger partial charge is 0.480 e. The Balaban J connectivity index is 0. The van der Waals surface area contributed by atoms with E-state index in [0.29, 0.717) is 19.1 Å². The van der Waals surface area contributed by atoms with Crippen molar-refractivity contribution in [2.24, 2.45) is 0 Å². The average Bonchev–Trinajstić information content (AvgIpc) is 2.63. The Hall–Kier alpha value is -1.02. The zero-order valence-electron chi connectivity index (χ0n) is 15.4. The van der Waals surface area contributed by atoms with E-state index in [0.717, 1.165) is 46.1 Å². The smallest absolute Gasteiger partial charge is 0.317 e. The van der Waals surface area contributed by atoms with Crippen molar-refractivity contribution in [3.05, 3.63) is 0 Å². The molecule has 0 atom stereocenters. The van der Waals surface area contributed by atoms with E-state index in [-0.39, 0.29) is 6.54 Å². The molecule has 138 valence electrons. The monoisotopic (exact) mass is 333 g/mol. The van der Waals surface area contributed by atoms with Gasteiger partial charge in [-0.25, -0.2) is 0 Å². The minimum atomic E-state index is -0.794. The number of hydrogen-bond acceptors (Lipinski definition) is 6. The molecule has 1 fully saturated rings. The van der Waals surface area contributed by atoms with Gasteiger partial charge in [0, 0.05) is 52.4 Å². The van der Waals surface area contributed by atoms with Gasteiger partial charge in [-0.15, -0.1) is 0 Å². The lowest BCUT2D eigenvalue weighted by atomic mass is 10.3. The van der Waals surface area contributed by atoms with E-state index in [1.54, 1.807) is 0 Å². The molecule has 23 heavy (non-hydrogen) atoms. The first kappa shape index (κ1) is 24.2. The van der Waals surface area contributed by atoms with Crippen molar-refractivity contribution in [2.75, 3.05) is 59.5 Å². The number of aliphatic hydroxyl groups excluding tert-OH is 1. The van der Waals surface area contributed by atoms with Gasteiger partial charge in [-0.2, -0.15) is 0 Å². The summed E-state index contributed by atoms with van der Waals surface area (Å²) in [6.45, 7) is 13.6. The van der Waals surface area contributed by atoms with Gasteiger partial charge in [0.1, 0.15) is 6.29 Å². The number of carboxylic acids is 1. The Labute approximate surface area is 140 Å². The van der Waals surface area contributed by atoms with Crippen LogP contribution in [0.5, 0.6) is 0 Å². The van der Waals surface area contributed by atoms with Crippen LogP contribution in [0.15, 0.2) is 0 Å². The molecular formula is C16H35N3O4. The van der Waals surface area contributed by atoms with Gasteiger partial charge in [-0.1, -0.05) is 13.8 Å². The first-order chi connectivity index (χ1) is 11.0. The van der Waals surface area contributed by atoms with Crippen molar-refractivity contribution in [1.82, 2.24) is 14.7 Å². The molecule has 1 aliphatic rings. The summed E-state index contributed by atoms with van der Waals surface area (Å²) in [6, 6.07) is 0.433. The fourth-order valence-electron chi connectivity index (χ4n) is 2.31. The van der Waals surface area contributed by atoms with E-state index in [2.05, 4.69) is 23.6 Å². The molecule has 1 saturated heterocycles.